The van der Waals surface area contributed by atoms with E-state index in [0.29, 0.717) is 0 Å². The number of hydrogen-bond donors (Lipinski definition) is 1. The lowest BCUT2D eigenvalue weighted by molar-refractivity contribution is 0.732. The van der Waals surface area contributed by atoms with Crippen LogP contribution in [0.2, 0.25) is 0 Å². The van der Waals surface area contributed by atoms with Gasteiger partial charge in [-0.2, -0.15) is 11.8 Å². The first-order chi connectivity index (χ1) is 7.48. The van der Waals surface area contributed by atoms with Gasteiger partial charge in [0.2, 0.25) is 5.95 Å². The van der Waals surface area contributed by atoms with Crippen molar-refractivity contribution >= 4 is 17.7 Å². The Morgan fingerprint density at radius 1 is 1.62 bits per heavy atom. The standard InChI is InChI=1S/C12H21N3S/c1-6-7-15-8-10(2)14-11(15)13-9-12(3,4)16-5/h6,8H,1,7,9H2,2-5H3,(H,13,14). The summed E-state index contributed by atoms with van der Waals surface area (Å²) in [6.07, 6.45) is 6.05. The summed E-state index contributed by atoms with van der Waals surface area (Å²) in [5, 5.41) is 3.39. The fourth-order valence-electron chi connectivity index (χ4n) is 1.33. The highest BCUT2D eigenvalue weighted by Gasteiger charge is 2.16. The van der Waals surface area contributed by atoms with Crippen molar-refractivity contribution in [2.75, 3.05) is 18.1 Å². The summed E-state index contributed by atoms with van der Waals surface area (Å²) in [6.45, 7) is 11.9. The van der Waals surface area contributed by atoms with Crippen molar-refractivity contribution in [1.29, 1.82) is 0 Å². The largest absolute Gasteiger partial charge is 0.354 e. The number of nitrogens with one attached hydrogen (secondary N) is 1. The molecule has 0 atom stereocenters. The Kier molecular flexibility index (Phi) is 4.47. The molecule has 1 aromatic rings. The van der Waals surface area contributed by atoms with E-state index in [-0.39, 0.29) is 4.75 Å². The fourth-order valence-corrected chi connectivity index (χ4v) is 1.55. The maximum atomic E-state index is 4.46. The molecule has 3 nitrogen and oxygen atoms in total. The van der Waals surface area contributed by atoms with E-state index < -0.39 is 0 Å². The van der Waals surface area contributed by atoms with E-state index in [9.17, 15) is 0 Å². The minimum absolute atomic E-state index is 0.221. The zero-order chi connectivity index (χ0) is 12.2. The SMILES string of the molecule is C=CCn1cc(C)nc1NCC(C)(C)SC. The molecular weight excluding hydrogens is 218 g/mol. The Balaban J connectivity index is 2.69. The maximum absolute atomic E-state index is 4.46. The van der Waals surface area contributed by atoms with Gasteiger partial charge in [-0.25, -0.2) is 4.98 Å². The number of rotatable bonds is 6. The molecule has 4 heteroatoms. The molecule has 16 heavy (non-hydrogen) atoms. The Morgan fingerprint density at radius 2 is 2.31 bits per heavy atom. The summed E-state index contributed by atoms with van der Waals surface area (Å²) in [5.41, 5.74) is 1.03. The number of aromatic nitrogens is 2. The summed E-state index contributed by atoms with van der Waals surface area (Å²) in [4.78, 5) is 4.46. The van der Waals surface area contributed by atoms with Gasteiger partial charge in [0, 0.05) is 24.0 Å². The van der Waals surface area contributed by atoms with Crippen LogP contribution in [0.25, 0.3) is 0 Å². The van der Waals surface area contributed by atoms with Gasteiger partial charge in [-0.05, 0) is 27.0 Å². The van der Waals surface area contributed by atoms with Crippen molar-refractivity contribution in [3.8, 4) is 0 Å². The minimum Gasteiger partial charge on any atom is -0.354 e. The molecule has 0 bridgehead atoms. The summed E-state index contributed by atoms with van der Waals surface area (Å²) < 4.78 is 2.30. The smallest absolute Gasteiger partial charge is 0.203 e. The molecule has 0 amide bonds. The van der Waals surface area contributed by atoms with Crippen molar-refractivity contribution in [3.05, 3.63) is 24.5 Å². The summed E-state index contributed by atoms with van der Waals surface area (Å²) in [6, 6.07) is 0. The summed E-state index contributed by atoms with van der Waals surface area (Å²) in [5.74, 6) is 0.930. The van der Waals surface area contributed by atoms with Crippen LogP contribution in [0.1, 0.15) is 19.5 Å². The predicted molar refractivity (Wildman–Crippen MR) is 73.2 cm³/mol. The van der Waals surface area contributed by atoms with Crippen LogP contribution in [0.5, 0.6) is 0 Å². The molecule has 0 aliphatic carbocycles. The van der Waals surface area contributed by atoms with Crippen molar-refractivity contribution < 1.29 is 0 Å². The molecule has 0 saturated heterocycles. The van der Waals surface area contributed by atoms with Gasteiger partial charge in [-0.15, -0.1) is 6.58 Å². The molecule has 1 heterocycles. The van der Waals surface area contributed by atoms with Gasteiger partial charge < -0.3 is 9.88 Å². The molecule has 0 fully saturated rings. The number of hydrogen-bond acceptors (Lipinski definition) is 3. The van der Waals surface area contributed by atoms with Crippen molar-refractivity contribution in [2.24, 2.45) is 0 Å². The average molecular weight is 239 g/mol. The number of anilines is 1. The van der Waals surface area contributed by atoms with Gasteiger partial charge >= 0.3 is 0 Å². The normalized spacial score (nSPS) is 11.5. The minimum atomic E-state index is 0.221. The number of allylic oxidation sites excluding steroid dienone is 1. The first-order valence-electron chi connectivity index (χ1n) is 5.42. The van der Waals surface area contributed by atoms with Gasteiger partial charge in [0.05, 0.1) is 5.69 Å². The van der Waals surface area contributed by atoms with Gasteiger partial charge in [-0.1, -0.05) is 6.08 Å². The third-order valence-electron chi connectivity index (χ3n) is 2.45. The monoisotopic (exact) mass is 239 g/mol. The number of aryl methyl sites for hydroxylation is 1. The highest BCUT2D eigenvalue weighted by molar-refractivity contribution is 7.99. The topological polar surface area (TPSA) is 29.9 Å². The van der Waals surface area contributed by atoms with E-state index >= 15 is 0 Å². The molecular formula is C12H21N3S. The number of nitrogens with zero attached hydrogens (tertiary/aromatic N) is 2. The molecule has 0 spiro atoms. The second kappa shape index (κ2) is 5.43. The van der Waals surface area contributed by atoms with Crippen LogP contribution < -0.4 is 5.32 Å². The second-order valence-corrected chi connectivity index (χ2v) is 5.98. The highest BCUT2D eigenvalue weighted by atomic mass is 32.2. The van der Waals surface area contributed by atoms with E-state index in [4.69, 9.17) is 0 Å². The Morgan fingerprint density at radius 3 is 2.88 bits per heavy atom. The second-order valence-electron chi connectivity index (χ2n) is 4.46. The summed E-state index contributed by atoms with van der Waals surface area (Å²) in [7, 11) is 0. The van der Waals surface area contributed by atoms with Crippen LogP contribution in [-0.2, 0) is 6.54 Å². The van der Waals surface area contributed by atoms with Gasteiger partial charge in [0.25, 0.3) is 0 Å². The average Bonchev–Trinajstić information content (AvgIpc) is 2.57. The van der Waals surface area contributed by atoms with Crippen LogP contribution in [-0.4, -0.2) is 27.1 Å². The van der Waals surface area contributed by atoms with Crippen LogP contribution >= 0.6 is 11.8 Å². The number of thioether (sulfide) groups is 1. The van der Waals surface area contributed by atoms with Gasteiger partial charge in [0.1, 0.15) is 0 Å². The van der Waals surface area contributed by atoms with E-state index in [2.05, 4.69) is 41.6 Å². The molecule has 0 unspecified atom stereocenters. The van der Waals surface area contributed by atoms with Crippen molar-refractivity contribution in [3.63, 3.8) is 0 Å². The zero-order valence-electron chi connectivity index (χ0n) is 10.6. The molecule has 1 rings (SSSR count). The third-order valence-corrected chi connectivity index (χ3v) is 3.70. The quantitative estimate of drug-likeness (QED) is 0.774. The van der Waals surface area contributed by atoms with Gasteiger partial charge in [-0.3, -0.25) is 0 Å². The first-order valence-corrected chi connectivity index (χ1v) is 6.64. The lowest BCUT2D eigenvalue weighted by Crippen LogP contribution is -2.27. The Bertz CT molecular complexity index is 355. The Labute approximate surface area is 102 Å². The molecule has 90 valence electrons. The fraction of sp³-hybridized carbons (Fsp3) is 0.583. The highest BCUT2D eigenvalue weighted by Crippen LogP contribution is 2.21. The zero-order valence-corrected chi connectivity index (χ0v) is 11.4. The van der Waals surface area contributed by atoms with Crippen LogP contribution in [0, 0.1) is 6.92 Å². The van der Waals surface area contributed by atoms with E-state index in [0.717, 1.165) is 24.7 Å². The Hall–Kier alpha value is -0.900. The van der Waals surface area contributed by atoms with Crippen LogP contribution in [0.3, 0.4) is 0 Å². The number of imidazole rings is 1. The van der Waals surface area contributed by atoms with E-state index in [1.165, 1.54) is 0 Å². The van der Waals surface area contributed by atoms with Crippen LogP contribution in [0.15, 0.2) is 18.9 Å². The predicted octanol–water partition coefficient (Wildman–Crippen LogP) is 2.93. The molecule has 0 aliphatic rings. The van der Waals surface area contributed by atoms with E-state index in [1.807, 2.05) is 31.0 Å². The lowest BCUT2D eigenvalue weighted by Gasteiger charge is -2.22. The molecule has 1 aromatic heterocycles. The van der Waals surface area contributed by atoms with E-state index in [1.54, 1.807) is 0 Å². The first kappa shape index (κ1) is 13.2. The van der Waals surface area contributed by atoms with Crippen molar-refractivity contribution in [1.82, 2.24) is 9.55 Å². The van der Waals surface area contributed by atoms with Crippen LogP contribution in [0.4, 0.5) is 5.95 Å². The summed E-state index contributed by atoms with van der Waals surface area (Å²) >= 11 is 1.85. The maximum Gasteiger partial charge on any atom is 0.203 e. The van der Waals surface area contributed by atoms with Gasteiger partial charge in [0.15, 0.2) is 0 Å². The molecule has 0 aliphatic heterocycles. The molecule has 0 radical (unpaired) electrons. The molecule has 1 N–H and O–H groups in total. The lowest BCUT2D eigenvalue weighted by atomic mass is 10.2. The third kappa shape index (κ3) is 3.59. The van der Waals surface area contributed by atoms with Crippen molar-refractivity contribution in [2.45, 2.75) is 32.1 Å². The molecule has 0 saturated carbocycles. The molecule has 0 aromatic carbocycles.